The Morgan fingerprint density at radius 1 is 1.73 bits per heavy atom. The fourth-order valence-corrected chi connectivity index (χ4v) is 2.05. The highest BCUT2D eigenvalue weighted by Crippen LogP contribution is 2.39. The minimum absolute atomic E-state index is 0.341. The molecule has 1 aromatic rings. The summed E-state index contributed by atoms with van der Waals surface area (Å²) in [7, 11) is 0. The van der Waals surface area contributed by atoms with Gasteiger partial charge in [0.2, 0.25) is 0 Å². The van der Waals surface area contributed by atoms with Crippen LogP contribution in [-0.2, 0) is 6.42 Å². The van der Waals surface area contributed by atoms with Gasteiger partial charge in [-0.15, -0.1) is 0 Å². The second kappa shape index (κ2) is 3.68. The van der Waals surface area contributed by atoms with Crippen LogP contribution in [-0.4, -0.2) is 20.9 Å². The number of hydrogen-bond acceptors (Lipinski definition) is 2. The molecule has 15 heavy (non-hydrogen) atoms. The number of nitrogens with zero attached hydrogens (tertiary/aromatic N) is 2. The lowest BCUT2D eigenvalue weighted by Gasteiger charge is -2.14. The molecular weight excluding hydrogens is 192 g/mol. The molecule has 0 aromatic carbocycles. The van der Waals surface area contributed by atoms with Crippen molar-refractivity contribution in [1.82, 2.24) is 9.78 Å². The van der Waals surface area contributed by atoms with Gasteiger partial charge in [-0.2, -0.15) is 5.10 Å². The zero-order valence-corrected chi connectivity index (χ0v) is 9.10. The second-order valence-corrected chi connectivity index (χ2v) is 4.19. The fourth-order valence-electron chi connectivity index (χ4n) is 2.05. The van der Waals surface area contributed by atoms with Crippen molar-refractivity contribution in [1.29, 1.82) is 0 Å². The average molecular weight is 208 g/mol. The summed E-state index contributed by atoms with van der Waals surface area (Å²) in [5, 5.41) is 13.2. The smallest absolute Gasteiger partial charge is 0.339 e. The quantitative estimate of drug-likeness (QED) is 0.824. The summed E-state index contributed by atoms with van der Waals surface area (Å²) < 4.78 is 1.89. The highest BCUT2D eigenvalue weighted by atomic mass is 16.4. The largest absolute Gasteiger partial charge is 0.478 e. The SMILES string of the molecule is CCc1c(C(=O)O)cnn1C(C)C1CC1. The van der Waals surface area contributed by atoms with Crippen molar-refractivity contribution in [3.05, 3.63) is 17.5 Å². The summed E-state index contributed by atoms with van der Waals surface area (Å²) in [6.45, 7) is 4.09. The van der Waals surface area contributed by atoms with E-state index in [1.54, 1.807) is 0 Å². The molecule has 1 fully saturated rings. The number of carboxylic acid groups (broad SMARTS) is 1. The van der Waals surface area contributed by atoms with Crippen molar-refractivity contribution >= 4 is 5.97 Å². The zero-order chi connectivity index (χ0) is 11.0. The molecule has 0 aliphatic heterocycles. The van der Waals surface area contributed by atoms with Gasteiger partial charge in [0, 0.05) is 0 Å². The minimum Gasteiger partial charge on any atom is -0.478 e. The van der Waals surface area contributed by atoms with Crippen molar-refractivity contribution in [2.45, 2.75) is 39.2 Å². The van der Waals surface area contributed by atoms with E-state index in [-0.39, 0.29) is 0 Å². The molecule has 1 unspecified atom stereocenters. The maximum Gasteiger partial charge on any atom is 0.339 e. The predicted molar refractivity (Wildman–Crippen MR) is 56.0 cm³/mol. The standard InChI is InChI=1S/C11H16N2O2/c1-3-10-9(11(14)15)6-12-13(10)7(2)8-4-5-8/h6-8H,3-5H2,1-2H3,(H,14,15). The highest BCUT2D eigenvalue weighted by Gasteiger charge is 2.31. The van der Waals surface area contributed by atoms with Gasteiger partial charge in [-0.05, 0) is 32.1 Å². The van der Waals surface area contributed by atoms with E-state index in [9.17, 15) is 4.79 Å². The van der Waals surface area contributed by atoms with E-state index in [1.807, 2.05) is 11.6 Å². The topological polar surface area (TPSA) is 55.1 Å². The summed E-state index contributed by atoms with van der Waals surface area (Å²) >= 11 is 0. The van der Waals surface area contributed by atoms with Crippen molar-refractivity contribution < 1.29 is 9.90 Å². The number of aromatic nitrogens is 2. The maximum atomic E-state index is 10.9. The van der Waals surface area contributed by atoms with Crippen molar-refractivity contribution in [3.63, 3.8) is 0 Å². The monoisotopic (exact) mass is 208 g/mol. The van der Waals surface area contributed by atoms with Crippen LogP contribution in [0.1, 0.15) is 48.8 Å². The van der Waals surface area contributed by atoms with Gasteiger partial charge in [0.1, 0.15) is 5.56 Å². The Morgan fingerprint density at radius 3 is 2.87 bits per heavy atom. The van der Waals surface area contributed by atoms with Crippen LogP contribution < -0.4 is 0 Å². The summed E-state index contributed by atoms with van der Waals surface area (Å²) in [5.41, 5.74) is 1.20. The van der Waals surface area contributed by atoms with Crippen LogP contribution >= 0.6 is 0 Å². The third-order valence-corrected chi connectivity index (χ3v) is 3.15. The molecule has 1 heterocycles. The molecule has 1 aliphatic rings. The van der Waals surface area contributed by atoms with Gasteiger partial charge in [-0.1, -0.05) is 6.92 Å². The Kier molecular flexibility index (Phi) is 2.50. The normalized spacial score (nSPS) is 17.7. The lowest BCUT2D eigenvalue weighted by atomic mass is 10.1. The van der Waals surface area contributed by atoms with Gasteiger partial charge >= 0.3 is 5.97 Å². The molecule has 2 rings (SSSR count). The molecule has 82 valence electrons. The first kappa shape index (κ1) is 10.2. The third-order valence-electron chi connectivity index (χ3n) is 3.15. The van der Waals surface area contributed by atoms with Gasteiger partial charge in [-0.25, -0.2) is 4.79 Å². The van der Waals surface area contributed by atoms with E-state index < -0.39 is 5.97 Å². The van der Waals surface area contributed by atoms with Crippen LogP contribution in [0, 0.1) is 5.92 Å². The summed E-state index contributed by atoms with van der Waals surface area (Å²) in [6.07, 6.45) is 4.68. The molecule has 0 bridgehead atoms. The Hall–Kier alpha value is -1.32. The van der Waals surface area contributed by atoms with Crippen LogP contribution in [0.25, 0.3) is 0 Å². The molecule has 1 saturated carbocycles. The Morgan fingerprint density at radius 2 is 2.40 bits per heavy atom. The van der Waals surface area contributed by atoms with E-state index in [0.29, 0.717) is 17.5 Å². The lowest BCUT2D eigenvalue weighted by Crippen LogP contribution is -2.13. The summed E-state index contributed by atoms with van der Waals surface area (Å²) in [5.74, 6) is -0.182. The lowest BCUT2D eigenvalue weighted by molar-refractivity contribution is 0.0695. The van der Waals surface area contributed by atoms with Gasteiger partial charge in [0.25, 0.3) is 0 Å². The molecule has 0 saturated heterocycles. The zero-order valence-electron chi connectivity index (χ0n) is 9.10. The van der Waals surface area contributed by atoms with Crippen LogP contribution in [0.15, 0.2) is 6.20 Å². The second-order valence-electron chi connectivity index (χ2n) is 4.19. The van der Waals surface area contributed by atoms with E-state index in [4.69, 9.17) is 5.11 Å². The predicted octanol–water partition coefficient (Wildman–Crippen LogP) is 2.11. The molecule has 0 radical (unpaired) electrons. The third kappa shape index (κ3) is 1.76. The van der Waals surface area contributed by atoms with Crippen LogP contribution in [0.4, 0.5) is 0 Å². The molecule has 0 spiro atoms. The molecule has 1 atom stereocenters. The van der Waals surface area contributed by atoms with Crippen molar-refractivity contribution in [2.24, 2.45) is 5.92 Å². The first-order valence-electron chi connectivity index (χ1n) is 5.44. The minimum atomic E-state index is -0.874. The van der Waals surface area contributed by atoms with Gasteiger partial charge in [0.15, 0.2) is 0 Å². The molecule has 1 aliphatic carbocycles. The number of carbonyl (C=O) groups is 1. The maximum absolute atomic E-state index is 10.9. The number of hydrogen-bond donors (Lipinski definition) is 1. The van der Waals surface area contributed by atoms with Crippen molar-refractivity contribution in [3.8, 4) is 0 Å². The molecule has 1 aromatic heterocycles. The summed E-state index contributed by atoms with van der Waals surface area (Å²) in [6, 6.07) is 0.341. The molecule has 4 heteroatoms. The Bertz CT molecular complexity index is 380. The Balaban J connectivity index is 2.34. The van der Waals surface area contributed by atoms with Crippen LogP contribution in [0.2, 0.25) is 0 Å². The number of aromatic carboxylic acids is 1. The number of carboxylic acids is 1. The average Bonchev–Trinajstić information content (AvgIpc) is 2.95. The molecule has 4 nitrogen and oxygen atoms in total. The number of rotatable bonds is 4. The van der Waals surface area contributed by atoms with Crippen LogP contribution in [0.3, 0.4) is 0 Å². The van der Waals surface area contributed by atoms with Crippen LogP contribution in [0.5, 0.6) is 0 Å². The molecule has 1 N–H and O–H groups in total. The molecular formula is C11H16N2O2. The Labute approximate surface area is 88.9 Å². The first-order chi connectivity index (χ1) is 7.15. The van der Waals surface area contributed by atoms with E-state index >= 15 is 0 Å². The molecule has 0 amide bonds. The van der Waals surface area contributed by atoms with Gasteiger partial charge < -0.3 is 5.11 Å². The first-order valence-corrected chi connectivity index (χ1v) is 5.44. The van der Waals surface area contributed by atoms with Crippen molar-refractivity contribution in [2.75, 3.05) is 0 Å². The van der Waals surface area contributed by atoms with E-state index in [0.717, 1.165) is 12.1 Å². The highest BCUT2D eigenvalue weighted by molar-refractivity contribution is 5.88. The van der Waals surface area contributed by atoms with E-state index in [2.05, 4.69) is 12.0 Å². The summed E-state index contributed by atoms with van der Waals surface area (Å²) in [4.78, 5) is 10.9. The van der Waals surface area contributed by atoms with Gasteiger partial charge in [-0.3, -0.25) is 4.68 Å². The van der Waals surface area contributed by atoms with Gasteiger partial charge in [0.05, 0.1) is 17.9 Å². The van der Waals surface area contributed by atoms with E-state index in [1.165, 1.54) is 19.0 Å². The fraction of sp³-hybridized carbons (Fsp3) is 0.636.